The van der Waals surface area contributed by atoms with E-state index in [1.54, 1.807) is 0 Å². The van der Waals surface area contributed by atoms with Gasteiger partial charge in [-0.1, -0.05) is 256 Å². The van der Waals surface area contributed by atoms with Gasteiger partial charge < -0.3 is 28.8 Å². The van der Waals surface area contributed by atoms with E-state index in [4.69, 9.17) is 9.05 Å². The van der Waals surface area contributed by atoms with E-state index in [1.807, 2.05) is 21.1 Å². The molecule has 0 saturated carbocycles. The van der Waals surface area contributed by atoms with E-state index < -0.39 is 20.0 Å². The lowest BCUT2D eigenvalue weighted by atomic mass is 10.0. The molecule has 0 aliphatic rings. The Hall–Kier alpha value is -1.02. The molecule has 0 rings (SSSR count). The number of quaternary nitrogens is 1. The van der Waals surface area contributed by atoms with Gasteiger partial charge in [-0.2, -0.15) is 0 Å². The Morgan fingerprint density at radius 2 is 0.879 bits per heavy atom. The molecule has 0 spiro atoms. The molecule has 0 fully saturated rings. The average molecular weight is 954 g/mol. The fourth-order valence-corrected chi connectivity index (χ4v) is 9.38. The number of likely N-dealkylation sites (N-methyl/N-ethyl adjacent to an activating group) is 1. The fourth-order valence-electron chi connectivity index (χ4n) is 8.66. The molecule has 0 aromatic rings. The number of aliphatic hydroxyl groups excluding tert-OH is 1. The van der Waals surface area contributed by atoms with Crippen LogP contribution in [0.15, 0.2) is 24.3 Å². The number of phosphoric acid groups is 1. The van der Waals surface area contributed by atoms with Crippen molar-refractivity contribution in [3.63, 3.8) is 0 Å². The molecule has 0 heterocycles. The highest BCUT2D eigenvalue weighted by atomic mass is 31.2. The van der Waals surface area contributed by atoms with Gasteiger partial charge in [0.15, 0.2) is 0 Å². The van der Waals surface area contributed by atoms with E-state index in [-0.39, 0.29) is 19.1 Å². The van der Waals surface area contributed by atoms with E-state index in [2.05, 4.69) is 43.5 Å². The van der Waals surface area contributed by atoms with E-state index in [0.717, 1.165) is 44.9 Å². The third-order valence-electron chi connectivity index (χ3n) is 13.2. The van der Waals surface area contributed by atoms with Gasteiger partial charge in [0.2, 0.25) is 5.91 Å². The zero-order chi connectivity index (χ0) is 48.5. The van der Waals surface area contributed by atoms with Gasteiger partial charge in [-0.05, 0) is 44.9 Å². The highest BCUT2D eigenvalue weighted by Gasteiger charge is 2.24. The summed E-state index contributed by atoms with van der Waals surface area (Å²) in [5, 5.41) is 13.9. The van der Waals surface area contributed by atoms with Crippen LogP contribution in [0.2, 0.25) is 0 Å². The lowest BCUT2D eigenvalue weighted by Gasteiger charge is -2.30. The molecule has 1 amide bonds. The summed E-state index contributed by atoms with van der Waals surface area (Å²) in [6.45, 7) is 4.72. The zero-order valence-electron chi connectivity index (χ0n) is 44.7. The predicted octanol–water partition coefficient (Wildman–Crippen LogP) is 16.6. The van der Waals surface area contributed by atoms with Crippen LogP contribution in [0.3, 0.4) is 0 Å². The summed E-state index contributed by atoms with van der Waals surface area (Å²) in [6.07, 6.45) is 60.9. The average Bonchev–Trinajstić information content (AvgIpc) is 3.28. The van der Waals surface area contributed by atoms with E-state index >= 15 is 0 Å². The number of carbonyl (C=O) groups is 1. The van der Waals surface area contributed by atoms with Crippen molar-refractivity contribution < 1.29 is 32.9 Å². The summed E-state index contributed by atoms with van der Waals surface area (Å²) >= 11 is 0. The van der Waals surface area contributed by atoms with Crippen LogP contribution in [-0.4, -0.2) is 68.5 Å². The van der Waals surface area contributed by atoms with Gasteiger partial charge in [-0.25, -0.2) is 0 Å². The molecule has 66 heavy (non-hydrogen) atoms. The van der Waals surface area contributed by atoms with Crippen molar-refractivity contribution in [2.45, 2.75) is 296 Å². The predicted molar refractivity (Wildman–Crippen MR) is 284 cm³/mol. The Balaban J connectivity index is 3.92. The number of hydrogen-bond acceptors (Lipinski definition) is 6. The minimum atomic E-state index is -4.56. The molecule has 3 atom stereocenters. The van der Waals surface area contributed by atoms with Gasteiger partial charge in [-0.3, -0.25) is 9.36 Å². The summed E-state index contributed by atoms with van der Waals surface area (Å²) in [7, 11) is 1.32. The van der Waals surface area contributed by atoms with E-state index in [9.17, 15) is 19.4 Å². The van der Waals surface area contributed by atoms with Crippen molar-refractivity contribution >= 4 is 13.7 Å². The molecule has 0 aromatic heterocycles. The van der Waals surface area contributed by atoms with Crippen LogP contribution in [0, 0.1) is 0 Å². The number of hydrogen-bond donors (Lipinski definition) is 2. The van der Waals surface area contributed by atoms with E-state index in [0.29, 0.717) is 23.9 Å². The van der Waals surface area contributed by atoms with Gasteiger partial charge in [0.05, 0.1) is 39.9 Å². The number of rotatable bonds is 53. The number of amides is 1. The Morgan fingerprint density at radius 1 is 0.530 bits per heavy atom. The maximum Gasteiger partial charge on any atom is 0.268 e. The summed E-state index contributed by atoms with van der Waals surface area (Å²) < 4.78 is 23.3. The topological polar surface area (TPSA) is 108 Å². The van der Waals surface area contributed by atoms with Crippen molar-refractivity contribution in [2.24, 2.45) is 0 Å². The monoisotopic (exact) mass is 953 g/mol. The molecule has 3 unspecified atom stereocenters. The second-order valence-electron chi connectivity index (χ2n) is 21.0. The van der Waals surface area contributed by atoms with Crippen LogP contribution in [0.25, 0.3) is 0 Å². The molecule has 0 saturated heterocycles. The van der Waals surface area contributed by atoms with Crippen molar-refractivity contribution in [3.05, 3.63) is 24.3 Å². The first-order valence-electron chi connectivity index (χ1n) is 28.7. The molecular formula is C57H113N2O6P. The first-order chi connectivity index (χ1) is 32.0. The zero-order valence-corrected chi connectivity index (χ0v) is 45.6. The lowest BCUT2D eigenvalue weighted by Crippen LogP contribution is -2.46. The fraction of sp³-hybridized carbons (Fsp3) is 0.912. The molecule has 0 aromatic carbocycles. The SMILES string of the molecule is CCCCCCC/C=C\C/C=C\CCCCCCCCCCCCCCCCCCCCCCCC(=O)NC(COP(=O)([O-])OCC[N+](C)(C)C)C(O)CCCCCCCCCCCCC. The molecule has 0 aliphatic heterocycles. The molecular weight excluding hydrogens is 840 g/mol. The van der Waals surface area contributed by atoms with Crippen molar-refractivity contribution in [1.82, 2.24) is 5.32 Å². The minimum Gasteiger partial charge on any atom is -0.756 e. The van der Waals surface area contributed by atoms with Crippen LogP contribution >= 0.6 is 7.82 Å². The number of nitrogens with one attached hydrogen (secondary N) is 1. The Bertz CT molecular complexity index is 1130. The smallest absolute Gasteiger partial charge is 0.268 e. The third-order valence-corrected chi connectivity index (χ3v) is 14.2. The van der Waals surface area contributed by atoms with Crippen LogP contribution in [0.1, 0.15) is 284 Å². The molecule has 2 N–H and O–H groups in total. The molecule has 9 heteroatoms. The number of aliphatic hydroxyl groups is 1. The first kappa shape index (κ1) is 65.0. The molecule has 8 nitrogen and oxygen atoms in total. The standard InChI is InChI=1S/C57H113N2O6P/c1-6-8-10-12-14-16-18-19-20-21-22-23-24-25-26-27-28-29-30-31-32-33-34-35-36-37-38-39-41-43-45-47-49-51-57(61)58-55(54-65-66(62,63)64-53-52-59(3,4)5)56(60)50-48-46-44-42-40-17-15-13-11-9-7-2/h18-19,21-22,55-56,60H,6-17,20,23-54H2,1-5H3,(H-,58,61,62,63)/b19-18-,22-21-. The first-order valence-corrected chi connectivity index (χ1v) is 30.1. The van der Waals surface area contributed by atoms with Gasteiger partial charge in [0.1, 0.15) is 13.2 Å². The van der Waals surface area contributed by atoms with Gasteiger partial charge in [0, 0.05) is 6.42 Å². The Kier molecular flexibility index (Phi) is 48.2. The highest BCUT2D eigenvalue weighted by molar-refractivity contribution is 7.45. The van der Waals surface area contributed by atoms with Crippen molar-refractivity contribution in [1.29, 1.82) is 0 Å². The number of phosphoric ester groups is 1. The van der Waals surface area contributed by atoms with Crippen LogP contribution < -0.4 is 10.2 Å². The van der Waals surface area contributed by atoms with Crippen molar-refractivity contribution in [3.8, 4) is 0 Å². The third kappa shape index (κ3) is 50.8. The summed E-state index contributed by atoms with van der Waals surface area (Å²) in [5.41, 5.74) is 0. The quantitative estimate of drug-likeness (QED) is 0.0272. The number of carbonyl (C=O) groups excluding carboxylic acids is 1. The van der Waals surface area contributed by atoms with Gasteiger partial charge in [0.25, 0.3) is 7.82 Å². The molecule has 0 bridgehead atoms. The highest BCUT2D eigenvalue weighted by Crippen LogP contribution is 2.38. The second kappa shape index (κ2) is 49.0. The van der Waals surface area contributed by atoms with Crippen LogP contribution in [0.5, 0.6) is 0 Å². The van der Waals surface area contributed by atoms with Gasteiger partial charge >= 0.3 is 0 Å². The van der Waals surface area contributed by atoms with Gasteiger partial charge in [-0.15, -0.1) is 0 Å². The number of allylic oxidation sites excluding steroid dienone is 4. The maximum atomic E-state index is 12.9. The van der Waals surface area contributed by atoms with E-state index in [1.165, 1.54) is 212 Å². The summed E-state index contributed by atoms with van der Waals surface area (Å²) in [5.74, 6) is -0.161. The Morgan fingerprint density at radius 3 is 1.26 bits per heavy atom. The largest absolute Gasteiger partial charge is 0.756 e. The minimum absolute atomic E-state index is 0.0145. The lowest BCUT2D eigenvalue weighted by molar-refractivity contribution is -0.870. The summed E-state index contributed by atoms with van der Waals surface area (Å²) in [6, 6.07) is -0.796. The molecule has 392 valence electrons. The normalized spacial score (nSPS) is 14.1. The molecule has 0 radical (unpaired) electrons. The Labute approximate surface area is 411 Å². The number of unbranched alkanes of at least 4 members (excludes halogenated alkanes) is 36. The maximum absolute atomic E-state index is 12.9. The second-order valence-corrected chi connectivity index (χ2v) is 22.4. The van der Waals surface area contributed by atoms with Crippen LogP contribution in [-0.2, 0) is 18.4 Å². The van der Waals surface area contributed by atoms with Crippen molar-refractivity contribution in [2.75, 3.05) is 40.9 Å². The number of nitrogens with zero attached hydrogens (tertiary/aromatic N) is 1. The van der Waals surface area contributed by atoms with Crippen LogP contribution in [0.4, 0.5) is 0 Å². The summed E-state index contributed by atoms with van der Waals surface area (Å²) in [4.78, 5) is 25.4. The molecule has 0 aliphatic carbocycles.